The second-order valence-corrected chi connectivity index (χ2v) is 7.87. The second kappa shape index (κ2) is 5.87. The Bertz CT molecular complexity index is 1030. The van der Waals surface area contributed by atoms with Crippen molar-refractivity contribution in [2.75, 3.05) is 0 Å². The van der Waals surface area contributed by atoms with Crippen molar-refractivity contribution < 1.29 is 9.59 Å². The number of benzene rings is 2. The summed E-state index contributed by atoms with van der Waals surface area (Å²) in [5.74, 6) is -1.23. The van der Waals surface area contributed by atoms with Gasteiger partial charge in [-0.3, -0.25) is 14.6 Å². The van der Waals surface area contributed by atoms with Crippen LogP contribution in [-0.2, 0) is 9.59 Å². The van der Waals surface area contributed by atoms with Crippen LogP contribution in [0.2, 0.25) is 0 Å². The van der Waals surface area contributed by atoms with Crippen molar-refractivity contribution in [3.05, 3.63) is 70.8 Å². The molecule has 0 aliphatic carbocycles. The minimum atomic E-state index is -1.73. The Kier molecular flexibility index (Phi) is 3.83. The van der Waals surface area contributed by atoms with Crippen molar-refractivity contribution in [1.29, 1.82) is 0 Å². The SMILES string of the molecule is Cc1ccc(C2=NC3(C(N)=O)C(c4ccc(C)cc4)=NSC3(N)C2=O)cc1. The molecule has 4 N–H and O–H groups in total. The number of fused-ring (bicyclic) bond motifs is 1. The number of Topliss-reactive ketones (excluding diaryl/α,β-unsaturated/α-hetero) is 1. The number of nitrogens with zero attached hydrogens (tertiary/aromatic N) is 2. The number of aryl methyl sites for hydroxylation is 2. The van der Waals surface area contributed by atoms with Crippen LogP contribution in [0.1, 0.15) is 22.3 Å². The number of amides is 1. The molecule has 7 heteroatoms. The molecule has 27 heavy (non-hydrogen) atoms. The first kappa shape index (κ1) is 17.6. The number of ketones is 1. The van der Waals surface area contributed by atoms with E-state index in [0.29, 0.717) is 16.8 Å². The summed E-state index contributed by atoms with van der Waals surface area (Å²) in [5, 5.41) is 0. The van der Waals surface area contributed by atoms with Gasteiger partial charge in [0.15, 0.2) is 4.87 Å². The molecule has 0 radical (unpaired) electrons. The van der Waals surface area contributed by atoms with Crippen LogP contribution in [0.5, 0.6) is 0 Å². The minimum absolute atomic E-state index is 0.156. The maximum Gasteiger partial charge on any atom is 0.255 e. The van der Waals surface area contributed by atoms with E-state index >= 15 is 0 Å². The van der Waals surface area contributed by atoms with E-state index < -0.39 is 22.1 Å². The molecule has 0 fully saturated rings. The monoisotopic (exact) mass is 378 g/mol. The van der Waals surface area contributed by atoms with Gasteiger partial charge in [0.2, 0.25) is 11.3 Å². The van der Waals surface area contributed by atoms with Crippen LogP contribution in [0.25, 0.3) is 0 Å². The largest absolute Gasteiger partial charge is 0.367 e. The summed E-state index contributed by atoms with van der Waals surface area (Å²) in [5.41, 5.74) is 14.3. The first-order valence-corrected chi connectivity index (χ1v) is 9.21. The van der Waals surface area contributed by atoms with Gasteiger partial charge in [-0.05, 0) is 19.4 Å². The number of primary amides is 1. The molecule has 136 valence electrons. The predicted octanol–water partition coefficient (Wildman–Crippen LogP) is 1.71. The summed E-state index contributed by atoms with van der Waals surface area (Å²) < 4.78 is 4.36. The zero-order valence-electron chi connectivity index (χ0n) is 14.9. The zero-order chi connectivity index (χ0) is 19.4. The zero-order valence-corrected chi connectivity index (χ0v) is 15.7. The predicted molar refractivity (Wildman–Crippen MR) is 107 cm³/mol. The number of aliphatic imine (C=N–C) groups is 1. The molecule has 0 aromatic heterocycles. The van der Waals surface area contributed by atoms with Crippen LogP contribution in [0.3, 0.4) is 0 Å². The third-order valence-electron chi connectivity index (χ3n) is 5.00. The number of nitrogens with two attached hydrogens (primary N) is 2. The van der Waals surface area contributed by atoms with Crippen molar-refractivity contribution in [2.45, 2.75) is 24.3 Å². The molecule has 0 bridgehead atoms. The van der Waals surface area contributed by atoms with Gasteiger partial charge in [0.1, 0.15) is 5.71 Å². The smallest absolute Gasteiger partial charge is 0.255 e. The fourth-order valence-corrected chi connectivity index (χ4v) is 4.42. The van der Waals surface area contributed by atoms with E-state index in [2.05, 4.69) is 9.39 Å². The highest BCUT2D eigenvalue weighted by Crippen LogP contribution is 2.49. The fourth-order valence-electron chi connectivity index (χ4n) is 3.40. The molecule has 2 heterocycles. The fraction of sp³-hybridized carbons (Fsp3) is 0.200. The minimum Gasteiger partial charge on any atom is -0.367 e. The molecule has 0 spiro atoms. The van der Waals surface area contributed by atoms with Crippen molar-refractivity contribution in [1.82, 2.24) is 0 Å². The standard InChI is InChI=1S/C20H18N4O2S/c1-11-3-7-13(8-4-11)15-17(25)20(22)19(23-15,18(21)26)16(24-27-20)14-9-5-12(2)6-10-14/h3-10H,22H2,1-2H3,(H2,21,26). The Morgan fingerprint density at radius 3 is 2.00 bits per heavy atom. The lowest BCUT2D eigenvalue weighted by Gasteiger charge is -2.30. The normalized spacial score (nSPS) is 26.6. The Hall–Kier alpha value is -2.77. The van der Waals surface area contributed by atoms with E-state index in [1.54, 1.807) is 12.1 Å². The molecule has 2 aliphatic heterocycles. The van der Waals surface area contributed by atoms with Gasteiger partial charge in [-0.1, -0.05) is 59.7 Å². The number of carbonyl (C=O) groups excluding carboxylic acids is 2. The number of carbonyl (C=O) groups is 2. The van der Waals surface area contributed by atoms with Gasteiger partial charge >= 0.3 is 0 Å². The second-order valence-electron chi connectivity index (χ2n) is 6.86. The number of hydrogen-bond acceptors (Lipinski definition) is 6. The first-order chi connectivity index (χ1) is 12.8. The Labute approximate surface area is 160 Å². The molecule has 2 atom stereocenters. The van der Waals surface area contributed by atoms with E-state index in [9.17, 15) is 9.59 Å². The summed E-state index contributed by atoms with van der Waals surface area (Å²) in [4.78, 5) is 28.7. The van der Waals surface area contributed by atoms with E-state index in [0.717, 1.165) is 23.1 Å². The topological polar surface area (TPSA) is 111 Å². The molecule has 4 rings (SSSR count). The Morgan fingerprint density at radius 1 is 0.963 bits per heavy atom. The summed E-state index contributed by atoms with van der Waals surface area (Å²) in [6.45, 7) is 3.91. The summed E-state index contributed by atoms with van der Waals surface area (Å²) in [7, 11) is 0. The van der Waals surface area contributed by atoms with Gasteiger partial charge in [-0.25, -0.2) is 4.40 Å². The molecule has 2 aromatic carbocycles. The quantitative estimate of drug-likeness (QED) is 0.792. The molecule has 0 saturated carbocycles. The van der Waals surface area contributed by atoms with Gasteiger partial charge in [-0.2, -0.15) is 0 Å². The molecular weight excluding hydrogens is 360 g/mol. The highest BCUT2D eigenvalue weighted by Gasteiger charge is 2.70. The Balaban J connectivity index is 1.92. The van der Waals surface area contributed by atoms with E-state index in [-0.39, 0.29) is 5.71 Å². The van der Waals surface area contributed by atoms with Gasteiger partial charge in [0.25, 0.3) is 5.91 Å². The maximum absolute atomic E-state index is 13.2. The summed E-state index contributed by atoms with van der Waals surface area (Å²) in [6.07, 6.45) is 0. The van der Waals surface area contributed by atoms with Crippen LogP contribution in [0.4, 0.5) is 0 Å². The van der Waals surface area contributed by atoms with Crippen LogP contribution < -0.4 is 11.5 Å². The highest BCUT2D eigenvalue weighted by atomic mass is 32.2. The molecule has 2 aromatic rings. The molecule has 6 nitrogen and oxygen atoms in total. The average molecular weight is 378 g/mol. The lowest BCUT2D eigenvalue weighted by atomic mass is 9.81. The van der Waals surface area contributed by atoms with Crippen LogP contribution in [0.15, 0.2) is 57.9 Å². The first-order valence-electron chi connectivity index (χ1n) is 8.44. The van der Waals surface area contributed by atoms with Crippen LogP contribution >= 0.6 is 11.9 Å². The van der Waals surface area contributed by atoms with Crippen molar-refractivity contribution in [3.8, 4) is 0 Å². The number of hydrogen-bond donors (Lipinski definition) is 2. The Morgan fingerprint density at radius 2 is 1.48 bits per heavy atom. The van der Waals surface area contributed by atoms with Gasteiger partial charge in [-0.15, -0.1) is 0 Å². The number of rotatable bonds is 3. The molecule has 2 unspecified atom stereocenters. The molecule has 1 amide bonds. The average Bonchev–Trinajstić information content (AvgIpc) is 3.06. The lowest BCUT2D eigenvalue weighted by Crippen LogP contribution is -2.66. The lowest BCUT2D eigenvalue weighted by molar-refractivity contribution is -0.124. The van der Waals surface area contributed by atoms with Crippen molar-refractivity contribution in [2.24, 2.45) is 20.9 Å². The third-order valence-corrected chi connectivity index (χ3v) is 6.04. The van der Waals surface area contributed by atoms with E-state index in [4.69, 9.17) is 11.5 Å². The third kappa shape index (κ3) is 2.32. The van der Waals surface area contributed by atoms with Gasteiger partial charge in [0, 0.05) is 17.5 Å². The van der Waals surface area contributed by atoms with Gasteiger partial charge in [0.05, 0.1) is 5.71 Å². The maximum atomic E-state index is 13.2. The van der Waals surface area contributed by atoms with Crippen molar-refractivity contribution >= 4 is 35.1 Å². The summed E-state index contributed by atoms with van der Waals surface area (Å²) >= 11 is 0.860. The summed E-state index contributed by atoms with van der Waals surface area (Å²) in [6, 6.07) is 14.8. The van der Waals surface area contributed by atoms with Crippen molar-refractivity contribution in [3.63, 3.8) is 0 Å². The van der Waals surface area contributed by atoms with Crippen LogP contribution in [-0.4, -0.2) is 33.5 Å². The highest BCUT2D eigenvalue weighted by molar-refractivity contribution is 8.01. The van der Waals surface area contributed by atoms with E-state index in [1.807, 2.05) is 50.2 Å². The van der Waals surface area contributed by atoms with Gasteiger partial charge < -0.3 is 11.5 Å². The van der Waals surface area contributed by atoms with Crippen LogP contribution in [0, 0.1) is 13.8 Å². The molecule has 2 aliphatic rings. The van der Waals surface area contributed by atoms with E-state index in [1.165, 1.54) is 0 Å². The molecule has 0 saturated heterocycles. The molecular formula is C20H18N4O2S.